The molecule has 1 aliphatic heterocycles. The van der Waals surface area contributed by atoms with Gasteiger partial charge in [-0.2, -0.15) is 0 Å². The summed E-state index contributed by atoms with van der Waals surface area (Å²) in [5, 5.41) is 12.0. The number of anilines is 2. The van der Waals surface area contributed by atoms with E-state index in [1.165, 1.54) is 4.90 Å². The van der Waals surface area contributed by atoms with Crippen LogP contribution in [0.3, 0.4) is 0 Å². The average molecular weight is 277 g/mol. The van der Waals surface area contributed by atoms with E-state index in [2.05, 4.69) is 10.3 Å². The van der Waals surface area contributed by atoms with Gasteiger partial charge in [0.25, 0.3) is 0 Å². The molecule has 0 saturated heterocycles. The van der Waals surface area contributed by atoms with Gasteiger partial charge >= 0.3 is 5.97 Å². The van der Waals surface area contributed by atoms with Crippen molar-refractivity contribution >= 4 is 23.5 Å². The lowest BCUT2D eigenvalue weighted by atomic mass is 10.1. The molecule has 0 unspecified atom stereocenters. The van der Waals surface area contributed by atoms with Crippen LogP contribution in [-0.2, 0) is 16.0 Å². The zero-order chi connectivity index (χ0) is 14.5. The Kier molecular flexibility index (Phi) is 4.55. The van der Waals surface area contributed by atoms with Crippen molar-refractivity contribution in [2.24, 2.45) is 0 Å². The number of rotatable bonds is 5. The van der Waals surface area contributed by atoms with E-state index in [0.717, 1.165) is 37.2 Å². The molecule has 0 spiro atoms. The van der Waals surface area contributed by atoms with Gasteiger partial charge in [0.2, 0.25) is 5.91 Å². The maximum Gasteiger partial charge on any atom is 0.312 e. The summed E-state index contributed by atoms with van der Waals surface area (Å²) in [6.45, 7) is 3.29. The Morgan fingerprint density at radius 3 is 2.95 bits per heavy atom. The monoisotopic (exact) mass is 277 g/mol. The summed E-state index contributed by atoms with van der Waals surface area (Å²) < 4.78 is 0. The number of pyridine rings is 1. The van der Waals surface area contributed by atoms with E-state index in [4.69, 9.17) is 5.11 Å². The molecule has 2 rings (SSSR count). The number of hydrogen-bond acceptors (Lipinski definition) is 4. The highest BCUT2D eigenvalue weighted by Crippen LogP contribution is 2.24. The number of aryl methyl sites for hydroxylation is 1. The Morgan fingerprint density at radius 2 is 2.25 bits per heavy atom. The lowest BCUT2D eigenvalue weighted by Gasteiger charge is -2.23. The fourth-order valence-corrected chi connectivity index (χ4v) is 2.28. The summed E-state index contributed by atoms with van der Waals surface area (Å²) in [5.74, 6) is -0.223. The first-order valence-electron chi connectivity index (χ1n) is 6.87. The quantitative estimate of drug-likeness (QED) is 0.800. The molecular formula is C14H19N3O3. The summed E-state index contributed by atoms with van der Waals surface area (Å²) in [6.07, 6.45) is 2.29. The first-order valence-corrected chi connectivity index (χ1v) is 6.87. The van der Waals surface area contributed by atoms with Gasteiger partial charge in [0.1, 0.15) is 18.1 Å². The fourth-order valence-electron chi connectivity index (χ4n) is 2.28. The molecule has 2 heterocycles. The lowest BCUT2D eigenvalue weighted by molar-refractivity contribution is -0.140. The smallest absolute Gasteiger partial charge is 0.312 e. The fraction of sp³-hybridized carbons (Fsp3) is 0.500. The number of amides is 1. The predicted octanol–water partition coefficient (Wildman–Crippen LogP) is 1.66. The number of fused-ring (bicyclic) bond motifs is 1. The van der Waals surface area contributed by atoms with Crippen LogP contribution >= 0.6 is 0 Å². The molecule has 0 fully saturated rings. The summed E-state index contributed by atoms with van der Waals surface area (Å²) in [5.41, 5.74) is 1.14. The van der Waals surface area contributed by atoms with Crippen LogP contribution in [0, 0.1) is 0 Å². The molecule has 1 amide bonds. The zero-order valence-corrected chi connectivity index (χ0v) is 11.6. The molecule has 1 aromatic rings. The molecule has 6 heteroatoms. The van der Waals surface area contributed by atoms with Gasteiger partial charge in [0, 0.05) is 13.1 Å². The van der Waals surface area contributed by atoms with E-state index < -0.39 is 18.3 Å². The van der Waals surface area contributed by atoms with Crippen molar-refractivity contribution in [3.63, 3.8) is 0 Å². The largest absolute Gasteiger partial charge is 0.481 e. The number of aromatic nitrogens is 1. The van der Waals surface area contributed by atoms with Crippen LogP contribution in [0.15, 0.2) is 12.1 Å². The molecule has 0 aliphatic carbocycles. The van der Waals surface area contributed by atoms with E-state index in [0.29, 0.717) is 12.4 Å². The van der Waals surface area contributed by atoms with E-state index in [-0.39, 0.29) is 0 Å². The third kappa shape index (κ3) is 3.26. The lowest BCUT2D eigenvalue weighted by Crippen LogP contribution is -2.34. The molecule has 1 aliphatic rings. The molecule has 108 valence electrons. The number of aliphatic carboxylic acids is 1. The van der Waals surface area contributed by atoms with Gasteiger partial charge in [-0.25, -0.2) is 4.98 Å². The molecule has 0 atom stereocenters. The van der Waals surface area contributed by atoms with Gasteiger partial charge < -0.3 is 10.4 Å². The van der Waals surface area contributed by atoms with Crippen molar-refractivity contribution in [1.29, 1.82) is 0 Å². The van der Waals surface area contributed by atoms with Crippen LogP contribution in [0.1, 0.15) is 31.7 Å². The molecule has 6 nitrogen and oxygen atoms in total. The summed E-state index contributed by atoms with van der Waals surface area (Å²) in [7, 11) is 0. The molecule has 0 bridgehead atoms. The second-order valence-electron chi connectivity index (χ2n) is 4.82. The van der Waals surface area contributed by atoms with Crippen LogP contribution in [0.4, 0.5) is 11.6 Å². The third-order valence-corrected chi connectivity index (χ3v) is 3.21. The number of carbonyl (C=O) groups is 2. The first-order chi connectivity index (χ1) is 9.61. The second-order valence-corrected chi connectivity index (χ2v) is 4.82. The van der Waals surface area contributed by atoms with Crippen molar-refractivity contribution in [3.8, 4) is 0 Å². The summed E-state index contributed by atoms with van der Waals surface area (Å²) >= 11 is 0. The van der Waals surface area contributed by atoms with Crippen molar-refractivity contribution in [1.82, 2.24) is 4.98 Å². The first kappa shape index (κ1) is 14.3. The number of carboxylic acid groups (broad SMARTS) is 1. The highest BCUT2D eigenvalue weighted by Gasteiger charge is 2.20. The third-order valence-electron chi connectivity index (χ3n) is 3.21. The number of nitrogens with one attached hydrogen (secondary N) is 1. The van der Waals surface area contributed by atoms with E-state index in [1.54, 1.807) is 6.07 Å². The summed E-state index contributed by atoms with van der Waals surface area (Å²) in [6, 6.07) is 3.75. The molecule has 1 aromatic heterocycles. The Labute approximate surface area is 117 Å². The zero-order valence-electron chi connectivity index (χ0n) is 11.6. The highest BCUT2D eigenvalue weighted by molar-refractivity contribution is 6.02. The predicted molar refractivity (Wildman–Crippen MR) is 75.9 cm³/mol. The average Bonchev–Trinajstić information content (AvgIpc) is 2.43. The van der Waals surface area contributed by atoms with E-state index in [9.17, 15) is 9.59 Å². The van der Waals surface area contributed by atoms with Crippen molar-refractivity contribution < 1.29 is 14.7 Å². The highest BCUT2D eigenvalue weighted by atomic mass is 16.4. The van der Waals surface area contributed by atoms with Gasteiger partial charge in [0.15, 0.2) is 0 Å². The normalized spacial score (nSPS) is 13.2. The van der Waals surface area contributed by atoms with Gasteiger partial charge in [-0.05, 0) is 30.9 Å². The van der Waals surface area contributed by atoms with Crippen LogP contribution in [-0.4, -0.2) is 35.1 Å². The molecule has 0 radical (unpaired) electrons. The van der Waals surface area contributed by atoms with Crippen molar-refractivity contribution in [3.05, 3.63) is 17.7 Å². The van der Waals surface area contributed by atoms with Gasteiger partial charge in [-0.1, -0.05) is 13.0 Å². The molecular weight excluding hydrogens is 258 g/mol. The van der Waals surface area contributed by atoms with Crippen LogP contribution in [0.25, 0.3) is 0 Å². The number of carbonyl (C=O) groups excluding carboxylic acids is 1. The SMILES string of the molecule is CCCN(C(=O)CC(=O)O)c1ccc2c(n1)NCCC2. The van der Waals surface area contributed by atoms with Crippen LogP contribution < -0.4 is 10.2 Å². The molecule has 2 N–H and O–H groups in total. The molecule has 0 saturated carbocycles. The Morgan fingerprint density at radius 1 is 1.45 bits per heavy atom. The van der Waals surface area contributed by atoms with Crippen molar-refractivity contribution in [2.45, 2.75) is 32.6 Å². The van der Waals surface area contributed by atoms with Gasteiger partial charge in [0.05, 0.1) is 0 Å². The molecule has 0 aromatic carbocycles. The maximum atomic E-state index is 12.0. The standard InChI is InChI=1S/C14H19N3O3/c1-2-8-17(12(18)9-13(19)20)11-6-5-10-4-3-7-15-14(10)16-11/h5-6H,2-4,7-9H2,1H3,(H,15,16)(H,19,20). The van der Waals surface area contributed by atoms with Gasteiger partial charge in [-0.3, -0.25) is 14.5 Å². The van der Waals surface area contributed by atoms with Crippen LogP contribution in [0.2, 0.25) is 0 Å². The second kappa shape index (κ2) is 6.36. The topological polar surface area (TPSA) is 82.5 Å². The Bertz CT molecular complexity index is 516. The maximum absolute atomic E-state index is 12.0. The number of hydrogen-bond donors (Lipinski definition) is 2. The minimum atomic E-state index is -1.12. The number of nitrogens with zero attached hydrogens (tertiary/aromatic N) is 2. The van der Waals surface area contributed by atoms with Crippen molar-refractivity contribution in [2.75, 3.05) is 23.3 Å². The van der Waals surface area contributed by atoms with E-state index in [1.807, 2.05) is 13.0 Å². The summed E-state index contributed by atoms with van der Waals surface area (Å²) in [4.78, 5) is 28.6. The molecule has 20 heavy (non-hydrogen) atoms. The Balaban J connectivity index is 2.24. The van der Waals surface area contributed by atoms with Gasteiger partial charge in [-0.15, -0.1) is 0 Å². The number of carboxylic acids is 1. The Hall–Kier alpha value is -2.11. The van der Waals surface area contributed by atoms with Crippen LogP contribution in [0.5, 0.6) is 0 Å². The minimum Gasteiger partial charge on any atom is -0.481 e. The minimum absolute atomic E-state index is 0.428. The van der Waals surface area contributed by atoms with E-state index >= 15 is 0 Å².